The fraction of sp³-hybridized carbons (Fsp3) is 0.421. The zero-order valence-electron chi connectivity index (χ0n) is 15.9. The highest BCUT2D eigenvalue weighted by Crippen LogP contribution is 2.25. The van der Waals surface area contributed by atoms with Gasteiger partial charge in [-0.05, 0) is 45.0 Å². The molecule has 1 aliphatic rings. The van der Waals surface area contributed by atoms with Gasteiger partial charge in [0, 0.05) is 37.0 Å². The normalized spacial score (nSPS) is 13.9. The first kappa shape index (κ1) is 18.8. The predicted molar refractivity (Wildman–Crippen MR) is 99.8 cm³/mol. The van der Waals surface area contributed by atoms with E-state index in [2.05, 4.69) is 10.2 Å². The highest BCUT2D eigenvalue weighted by Gasteiger charge is 2.31. The monoisotopic (exact) mass is 372 g/mol. The Morgan fingerprint density at radius 1 is 1.26 bits per heavy atom. The van der Waals surface area contributed by atoms with E-state index < -0.39 is 11.7 Å². The number of nitrogens with one attached hydrogen (secondary N) is 1. The number of phenols is 1. The third-order valence-corrected chi connectivity index (χ3v) is 4.33. The molecule has 0 saturated carbocycles. The number of amides is 2. The van der Waals surface area contributed by atoms with Crippen molar-refractivity contribution in [1.29, 1.82) is 0 Å². The molecule has 27 heavy (non-hydrogen) atoms. The molecule has 0 aliphatic carbocycles. The highest BCUT2D eigenvalue weighted by molar-refractivity contribution is 6.05. The second kappa shape index (κ2) is 6.94. The summed E-state index contributed by atoms with van der Waals surface area (Å²) >= 11 is 0. The lowest BCUT2D eigenvalue weighted by atomic mass is 10.0. The van der Waals surface area contributed by atoms with Gasteiger partial charge in [0.15, 0.2) is 5.69 Å². The number of H-pyrrole nitrogens is 1. The molecule has 1 aromatic carbocycles. The number of fused-ring (bicyclic) bond motifs is 1. The Labute approximate surface area is 157 Å². The van der Waals surface area contributed by atoms with Gasteiger partial charge in [-0.25, -0.2) is 4.79 Å². The minimum atomic E-state index is -0.578. The summed E-state index contributed by atoms with van der Waals surface area (Å²) in [6, 6.07) is 6.34. The molecule has 0 atom stereocenters. The predicted octanol–water partition coefficient (Wildman–Crippen LogP) is 2.69. The summed E-state index contributed by atoms with van der Waals surface area (Å²) in [6.45, 7) is 6.23. The molecule has 8 heteroatoms. The van der Waals surface area contributed by atoms with Gasteiger partial charge in [0.25, 0.3) is 5.91 Å². The average molecular weight is 372 g/mol. The van der Waals surface area contributed by atoms with Crippen molar-refractivity contribution in [3.8, 4) is 5.75 Å². The van der Waals surface area contributed by atoms with Crippen LogP contribution < -0.4 is 4.90 Å². The minimum absolute atomic E-state index is 0.129. The van der Waals surface area contributed by atoms with Crippen molar-refractivity contribution in [1.82, 2.24) is 15.1 Å². The molecule has 0 fully saturated rings. The summed E-state index contributed by atoms with van der Waals surface area (Å²) in [5.74, 6) is -0.158. The number of aromatic amines is 1. The first-order chi connectivity index (χ1) is 12.7. The number of hydrogen-bond acceptors (Lipinski definition) is 5. The zero-order valence-corrected chi connectivity index (χ0v) is 15.9. The van der Waals surface area contributed by atoms with Crippen LogP contribution in [0, 0.1) is 0 Å². The second-order valence-electron chi connectivity index (χ2n) is 7.56. The Balaban J connectivity index is 1.80. The molecular formula is C19H24N4O4. The van der Waals surface area contributed by atoms with Gasteiger partial charge in [0.1, 0.15) is 11.4 Å². The van der Waals surface area contributed by atoms with E-state index in [0.717, 1.165) is 5.69 Å². The van der Waals surface area contributed by atoms with Gasteiger partial charge >= 0.3 is 6.09 Å². The number of phenolic OH excluding ortho intramolecular Hbond substituents is 1. The van der Waals surface area contributed by atoms with Crippen LogP contribution >= 0.6 is 0 Å². The number of carbonyl (C=O) groups excluding carboxylic acids is 2. The number of hydrogen-bond donors (Lipinski definition) is 2. The average Bonchev–Trinajstić information content (AvgIpc) is 3.02. The van der Waals surface area contributed by atoms with Crippen LogP contribution in [0.4, 0.5) is 10.5 Å². The summed E-state index contributed by atoms with van der Waals surface area (Å²) in [5, 5.41) is 16.5. The maximum Gasteiger partial charge on any atom is 0.410 e. The first-order valence-electron chi connectivity index (χ1n) is 8.77. The molecular weight excluding hydrogens is 348 g/mol. The third kappa shape index (κ3) is 4.05. The van der Waals surface area contributed by atoms with E-state index in [1.807, 2.05) is 20.8 Å². The molecule has 0 radical (unpaired) electrons. The van der Waals surface area contributed by atoms with E-state index in [4.69, 9.17) is 4.74 Å². The lowest BCUT2D eigenvalue weighted by molar-refractivity contribution is 0.0222. The van der Waals surface area contributed by atoms with Gasteiger partial charge in [0.2, 0.25) is 0 Å². The molecule has 0 unspecified atom stereocenters. The van der Waals surface area contributed by atoms with Gasteiger partial charge in [-0.3, -0.25) is 9.89 Å². The van der Waals surface area contributed by atoms with Crippen LogP contribution in [-0.4, -0.2) is 51.4 Å². The van der Waals surface area contributed by atoms with Crippen LogP contribution in [0.1, 0.15) is 42.5 Å². The third-order valence-electron chi connectivity index (χ3n) is 4.33. The van der Waals surface area contributed by atoms with Crippen molar-refractivity contribution in [2.75, 3.05) is 18.5 Å². The fourth-order valence-corrected chi connectivity index (χ4v) is 2.91. The van der Waals surface area contributed by atoms with Crippen LogP contribution in [0.15, 0.2) is 24.3 Å². The van der Waals surface area contributed by atoms with E-state index in [0.29, 0.717) is 24.2 Å². The number of aromatic hydroxyl groups is 1. The Kier molecular flexibility index (Phi) is 4.82. The Morgan fingerprint density at radius 3 is 2.56 bits per heavy atom. The lowest BCUT2D eigenvalue weighted by Gasteiger charge is -2.30. The quantitative estimate of drug-likeness (QED) is 0.844. The zero-order chi connectivity index (χ0) is 19.8. The minimum Gasteiger partial charge on any atom is -0.508 e. The number of ether oxygens (including phenoxy) is 1. The number of aromatic nitrogens is 2. The van der Waals surface area contributed by atoms with Crippen LogP contribution in [-0.2, 0) is 17.7 Å². The number of rotatable bonds is 2. The van der Waals surface area contributed by atoms with E-state index in [1.54, 1.807) is 24.1 Å². The SMILES string of the molecule is CN(C(=O)c1n[nH]c2c1CN(C(=O)OC(C)(C)C)CC2)c1ccc(O)cc1. The van der Waals surface area contributed by atoms with E-state index in [1.165, 1.54) is 17.0 Å². The smallest absolute Gasteiger partial charge is 0.410 e. The van der Waals surface area contributed by atoms with Crippen molar-refractivity contribution in [3.63, 3.8) is 0 Å². The molecule has 144 valence electrons. The molecule has 1 aliphatic heterocycles. The molecule has 2 N–H and O–H groups in total. The lowest BCUT2D eigenvalue weighted by Crippen LogP contribution is -2.40. The van der Waals surface area contributed by atoms with Crippen molar-refractivity contribution in [3.05, 3.63) is 41.2 Å². The largest absolute Gasteiger partial charge is 0.508 e. The molecule has 2 aromatic rings. The fourth-order valence-electron chi connectivity index (χ4n) is 2.91. The van der Waals surface area contributed by atoms with Gasteiger partial charge in [0.05, 0.1) is 6.54 Å². The van der Waals surface area contributed by atoms with Crippen LogP contribution in [0.25, 0.3) is 0 Å². The van der Waals surface area contributed by atoms with Crippen molar-refractivity contribution in [2.24, 2.45) is 0 Å². The van der Waals surface area contributed by atoms with Gasteiger partial charge < -0.3 is 19.6 Å². The number of anilines is 1. The standard InChI is InChI=1S/C19H24N4O4/c1-19(2,3)27-18(26)23-10-9-15-14(11-23)16(21-20-15)17(25)22(4)12-5-7-13(24)8-6-12/h5-8,24H,9-11H2,1-4H3,(H,20,21). The van der Waals surface area contributed by atoms with E-state index in [9.17, 15) is 14.7 Å². The topological polar surface area (TPSA) is 98.8 Å². The summed E-state index contributed by atoms with van der Waals surface area (Å²) in [6.07, 6.45) is 0.178. The number of nitrogens with zero attached hydrogens (tertiary/aromatic N) is 3. The summed E-state index contributed by atoms with van der Waals surface area (Å²) in [4.78, 5) is 28.3. The summed E-state index contributed by atoms with van der Waals surface area (Å²) < 4.78 is 5.43. The maximum absolute atomic E-state index is 12.9. The van der Waals surface area contributed by atoms with Gasteiger partial charge in [-0.15, -0.1) is 0 Å². The number of carbonyl (C=O) groups is 2. The maximum atomic E-state index is 12.9. The molecule has 0 saturated heterocycles. The number of benzene rings is 1. The van der Waals surface area contributed by atoms with Crippen molar-refractivity contribution in [2.45, 2.75) is 39.3 Å². The molecule has 0 spiro atoms. The van der Waals surface area contributed by atoms with Crippen molar-refractivity contribution < 1.29 is 19.4 Å². The van der Waals surface area contributed by atoms with E-state index in [-0.39, 0.29) is 23.9 Å². The van der Waals surface area contributed by atoms with Crippen LogP contribution in [0.5, 0.6) is 5.75 Å². The molecule has 1 aromatic heterocycles. The molecule has 0 bridgehead atoms. The molecule has 3 rings (SSSR count). The molecule has 2 amide bonds. The Morgan fingerprint density at radius 2 is 1.93 bits per heavy atom. The summed E-state index contributed by atoms with van der Waals surface area (Å²) in [7, 11) is 1.64. The van der Waals surface area contributed by atoms with Crippen LogP contribution in [0.2, 0.25) is 0 Å². The van der Waals surface area contributed by atoms with E-state index >= 15 is 0 Å². The van der Waals surface area contributed by atoms with Gasteiger partial charge in [-0.1, -0.05) is 0 Å². The highest BCUT2D eigenvalue weighted by atomic mass is 16.6. The van der Waals surface area contributed by atoms with Crippen LogP contribution in [0.3, 0.4) is 0 Å². The second-order valence-corrected chi connectivity index (χ2v) is 7.56. The first-order valence-corrected chi connectivity index (χ1v) is 8.77. The molecule has 2 heterocycles. The summed E-state index contributed by atoms with van der Waals surface area (Å²) in [5.41, 5.74) is 1.91. The van der Waals surface area contributed by atoms with Crippen molar-refractivity contribution >= 4 is 17.7 Å². The Hall–Kier alpha value is -3.03. The molecule has 8 nitrogen and oxygen atoms in total. The van der Waals surface area contributed by atoms with Gasteiger partial charge in [-0.2, -0.15) is 5.10 Å². The Bertz CT molecular complexity index is 852.